The van der Waals surface area contributed by atoms with Crippen molar-refractivity contribution in [1.29, 1.82) is 0 Å². The third-order valence-electron chi connectivity index (χ3n) is 5.89. The number of ether oxygens (including phenoxy) is 2. The Labute approximate surface area is 218 Å². The topological polar surface area (TPSA) is 87.8 Å². The van der Waals surface area contributed by atoms with Gasteiger partial charge in [0.25, 0.3) is 8.32 Å². The molecule has 0 bridgehead atoms. The average Bonchev–Trinajstić information content (AvgIpc) is 2.84. The number of Topliss-reactive ketones (excluding diaryl/α,β-unsaturated/α-hetero) is 1. The summed E-state index contributed by atoms with van der Waals surface area (Å²) < 4.78 is 17.8. The van der Waals surface area contributed by atoms with E-state index in [0.717, 1.165) is 10.4 Å². The summed E-state index contributed by atoms with van der Waals surface area (Å²) in [6.07, 6.45) is -1.72. The summed E-state index contributed by atoms with van der Waals surface area (Å²) in [5, 5.41) is 2.49. The van der Waals surface area contributed by atoms with Crippen LogP contribution in [-0.2, 0) is 13.9 Å². The van der Waals surface area contributed by atoms with Gasteiger partial charge >= 0.3 is 6.09 Å². The summed E-state index contributed by atoms with van der Waals surface area (Å²) in [5.41, 5.74) is 5.82. The van der Waals surface area contributed by atoms with E-state index in [2.05, 4.69) is 45.0 Å². The van der Waals surface area contributed by atoms with E-state index in [4.69, 9.17) is 31.2 Å². The summed E-state index contributed by atoms with van der Waals surface area (Å²) >= 11 is 5.89. The van der Waals surface area contributed by atoms with E-state index < -0.39 is 20.5 Å². The van der Waals surface area contributed by atoms with Crippen LogP contribution in [0.2, 0.25) is 10.1 Å². The van der Waals surface area contributed by atoms with Crippen molar-refractivity contribution in [2.45, 2.75) is 31.9 Å². The van der Waals surface area contributed by atoms with Gasteiger partial charge in [0.2, 0.25) is 0 Å². The molecule has 6 nitrogen and oxygen atoms in total. The van der Waals surface area contributed by atoms with Gasteiger partial charge < -0.3 is 19.6 Å². The number of hydrogen-bond acceptors (Lipinski definition) is 5. The van der Waals surface area contributed by atoms with Gasteiger partial charge in [0.15, 0.2) is 5.78 Å². The first-order valence-electron chi connectivity index (χ1n) is 11.7. The van der Waals surface area contributed by atoms with Crippen molar-refractivity contribution in [3.63, 3.8) is 0 Å². The maximum absolute atomic E-state index is 12.5. The van der Waals surface area contributed by atoms with Crippen LogP contribution in [0.5, 0.6) is 0 Å². The Hall–Kier alpha value is -2.97. The molecular formula is C28H32ClNO5Si. The van der Waals surface area contributed by atoms with Crippen molar-refractivity contribution in [3.8, 4) is 0 Å². The first kappa shape index (κ1) is 27.6. The third kappa shape index (κ3) is 6.82. The number of carbonyl (C=O) groups excluding carboxylic acids is 2. The highest BCUT2D eigenvalue weighted by Gasteiger charge is 2.50. The highest BCUT2D eigenvalue weighted by Crippen LogP contribution is 2.36. The molecule has 1 amide bonds. The molecule has 36 heavy (non-hydrogen) atoms. The number of hydrogen-bond donors (Lipinski definition) is 1. The fourth-order valence-corrected chi connectivity index (χ4v) is 8.98. The molecule has 0 fully saturated rings. The molecule has 190 valence electrons. The second kappa shape index (κ2) is 12.3. The largest absolute Gasteiger partial charge is 0.442 e. The summed E-state index contributed by atoms with van der Waals surface area (Å²) in [6, 6.07) is 26.8. The van der Waals surface area contributed by atoms with E-state index >= 15 is 0 Å². The SMILES string of the molecule is CC(C)(C)[Si](OC[C@@H](COCC(=O)c1ccc(Cl)cc1)OC(N)=O)(c1ccccc1)c1ccccc1. The monoisotopic (exact) mass is 525 g/mol. The molecule has 0 aliphatic heterocycles. The Kier molecular flexibility index (Phi) is 9.45. The minimum atomic E-state index is -2.85. The lowest BCUT2D eigenvalue weighted by molar-refractivity contribution is 0.00250. The van der Waals surface area contributed by atoms with Gasteiger partial charge in [0.05, 0.1) is 13.2 Å². The molecule has 2 N–H and O–H groups in total. The number of amides is 1. The number of ketones is 1. The molecule has 0 aliphatic carbocycles. The van der Waals surface area contributed by atoms with Crippen LogP contribution in [0.3, 0.4) is 0 Å². The molecule has 0 unspecified atom stereocenters. The van der Waals surface area contributed by atoms with Crippen molar-refractivity contribution in [1.82, 2.24) is 0 Å². The van der Waals surface area contributed by atoms with E-state index in [1.54, 1.807) is 24.3 Å². The number of carbonyl (C=O) groups is 2. The van der Waals surface area contributed by atoms with E-state index in [1.165, 1.54) is 0 Å². The van der Waals surface area contributed by atoms with Crippen LogP contribution < -0.4 is 16.1 Å². The van der Waals surface area contributed by atoms with Crippen molar-refractivity contribution < 1.29 is 23.5 Å². The number of benzene rings is 3. The first-order chi connectivity index (χ1) is 17.1. The zero-order chi connectivity index (χ0) is 26.2. The zero-order valence-electron chi connectivity index (χ0n) is 20.8. The summed E-state index contributed by atoms with van der Waals surface area (Å²) in [6.45, 7) is 6.31. The second-order valence-corrected chi connectivity index (χ2v) is 14.2. The molecule has 0 heterocycles. The third-order valence-corrected chi connectivity index (χ3v) is 11.1. The molecule has 3 aromatic carbocycles. The molecule has 3 aromatic rings. The van der Waals surface area contributed by atoms with Crippen LogP contribution in [0, 0.1) is 0 Å². The maximum atomic E-state index is 12.5. The van der Waals surface area contributed by atoms with Gasteiger partial charge in [-0.3, -0.25) is 4.79 Å². The van der Waals surface area contributed by atoms with Crippen LogP contribution in [-0.4, -0.2) is 46.1 Å². The maximum Gasteiger partial charge on any atom is 0.404 e. The molecule has 8 heteroatoms. The Morgan fingerprint density at radius 3 is 1.86 bits per heavy atom. The molecule has 0 aliphatic rings. The van der Waals surface area contributed by atoms with Gasteiger partial charge in [-0.05, 0) is 39.7 Å². The molecular weight excluding hydrogens is 494 g/mol. The second-order valence-electron chi connectivity index (χ2n) is 9.48. The van der Waals surface area contributed by atoms with Crippen LogP contribution in [0.4, 0.5) is 4.79 Å². The number of rotatable bonds is 11. The van der Waals surface area contributed by atoms with Crippen molar-refractivity contribution >= 4 is 42.2 Å². The smallest absolute Gasteiger partial charge is 0.404 e. The first-order valence-corrected chi connectivity index (χ1v) is 14.0. The van der Waals surface area contributed by atoms with E-state index in [-0.39, 0.29) is 30.6 Å². The van der Waals surface area contributed by atoms with Crippen LogP contribution in [0.15, 0.2) is 84.9 Å². The lowest BCUT2D eigenvalue weighted by Gasteiger charge is -2.43. The lowest BCUT2D eigenvalue weighted by atomic mass is 10.1. The van der Waals surface area contributed by atoms with Gasteiger partial charge in [0.1, 0.15) is 12.7 Å². The van der Waals surface area contributed by atoms with Crippen molar-refractivity contribution in [2.24, 2.45) is 5.73 Å². The molecule has 1 atom stereocenters. The summed E-state index contributed by atoms with van der Waals surface area (Å²) in [4.78, 5) is 24.1. The highest BCUT2D eigenvalue weighted by molar-refractivity contribution is 6.99. The zero-order valence-corrected chi connectivity index (χ0v) is 22.5. The predicted molar refractivity (Wildman–Crippen MR) is 145 cm³/mol. The number of nitrogens with two attached hydrogens (primary N) is 1. The van der Waals surface area contributed by atoms with Crippen LogP contribution in [0.25, 0.3) is 0 Å². The average molecular weight is 526 g/mol. The minimum Gasteiger partial charge on any atom is -0.442 e. The Bertz CT molecular complexity index is 1090. The van der Waals surface area contributed by atoms with Crippen LogP contribution >= 0.6 is 11.6 Å². The number of primary amides is 1. The van der Waals surface area contributed by atoms with Gasteiger partial charge in [0, 0.05) is 10.6 Å². The fourth-order valence-electron chi connectivity index (χ4n) is 4.26. The van der Waals surface area contributed by atoms with Gasteiger partial charge in [-0.2, -0.15) is 0 Å². The van der Waals surface area contributed by atoms with E-state index in [1.807, 2.05) is 36.4 Å². The van der Waals surface area contributed by atoms with Gasteiger partial charge in [-0.25, -0.2) is 4.79 Å². The molecule has 0 aromatic heterocycles. The Balaban J connectivity index is 1.81. The van der Waals surface area contributed by atoms with Crippen molar-refractivity contribution in [2.75, 3.05) is 19.8 Å². The Morgan fingerprint density at radius 2 is 1.39 bits per heavy atom. The lowest BCUT2D eigenvalue weighted by Crippen LogP contribution is -2.67. The van der Waals surface area contributed by atoms with Gasteiger partial charge in [-0.1, -0.05) is 93.0 Å². The van der Waals surface area contributed by atoms with Crippen LogP contribution in [0.1, 0.15) is 31.1 Å². The van der Waals surface area contributed by atoms with Gasteiger partial charge in [-0.15, -0.1) is 0 Å². The molecule has 0 saturated carbocycles. The van der Waals surface area contributed by atoms with E-state index in [0.29, 0.717) is 10.6 Å². The van der Waals surface area contributed by atoms with E-state index in [9.17, 15) is 9.59 Å². The van der Waals surface area contributed by atoms with Crippen molar-refractivity contribution in [3.05, 3.63) is 95.5 Å². The quantitative estimate of drug-likeness (QED) is 0.292. The molecule has 0 spiro atoms. The highest BCUT2D eigenvalue weighted by atomic mass is 35.5. The summed E-state index contributed by atoms with van der Waals surface area (Å²) in [5.74, 6) is -0.211. The predicted octanol–water partition coefficient (Wildman–Crippen LogP) is 4.58. The standard InChI is InChI=1S/C28H32ClNO5Si/c1-28(2,3)36(24-10-6-4-7-11-24,25-12-8-5-9-13-25)34-19-23(35-27(30)32)18-33-20-26(31)21-14-16-22(29)17-15-21/h4-17,23H,18-20H2,1-3H3,(H2,30,32)/t23-/m1/s1. The molecule has 0 radical (unpaired) electrons. The Morgan fingerprint density at radius 1 is 0.861 bits per heavy atom. The number of halogens is 1. The molecule has 3 rings (SSSR count). The fraction of sp³-hybridized carbons (Fsp3) is 0.286. The minimum absolute atomic E-state index is 0.0412. The summed E-state index contributed by atoms with van der Waals surface area (Å²) in [7, 11) is -2.85. The normalized spacial score (nSPS) is 12.7. The molecule has 0 saturated heterocycles.